The van der Waals surface area contributed by atoms with E-state index in [0.29, 0.717) is 18.9 Å². The second kappa shape index (κ2) is 4.73. The summed E-state index contributed by atoms with van der Waals surface area (Å²) >= 11 is 3.40. The third-order valence-corrected chi connectivity index (χ3v) is 6.33. The van der Waals surface area contributed by atoms with Crippen molar-refractivity contribution >= 4 is 37.4 Å². The molecule has 0 amide bonds. The molecule has 1 spiro atoms. The molecule has 2 aliphatic heterocycles. The highest BCUT2D eigenvalue weighted by atomic mass is 79.9. The fourth-order valence-corrected chi connectivity index (χ4v) is 5.26. The van der Waals surface area contributed by atoms with Crippen LogP contribution in [0.5, 0.6) is 0 Å². The van der Waals surface area contributed by atoms with Gasteiger partial charge in [-0.25, -0.2) is 8.42 Å². The van der Waals surface area contributed by atoms with E-state index in [-0.39, 0.29) is 11.5 Å². The minimum absolute atomic E-state index is 0.125. The van der Waals surface area contributed by atoms with Crippen LogP contribution in [-0.4, -0.2) is 38.0 Å². The van der Waals surface area contributed by atoms with E-state index in [4.69, 9.17) is 5.73 Å². The van der Waals surface area contributed by atoms with Gasteiger partial charge in [-0.15, -0.1) is 0 Å². The lowest BCUT2D eigenvalue weighted by Crippen LogP contribution is -2.58. The van der Waals surface area contributed by atoms with Crippen LogP contribution in [0.4, 0.5) is 5.69 Å². The number of anilines is 1. The summed E-state index contributed by atoms with van der Waals surface area (Å²) in [7, 11) is -3.03. The molecule has 5 nitrogen and oxygen atoms in total. The number of hydrogen-bond donors (Lipinski definition) is 1. The summed E-state index contributed by atoms with van der Waals surface area (Å²) in [4.78, 5) is 6.20. The molecular formula is C13H16BrN3O2S. The van der Waals surface area contributed by atoms with E-state index in [9.17, 15) is 8.42 Å². The van der Waals surface area contributed by atoms with Gasteiger partial charge in [-0.3, -0.25) is 4.99 Å². The van der Waals surface area contributed by atoms with Crippen LogP contribution >= 0.6 is 15.9 Å². The van der Waals surface area contributed by atoms with Crippen molar-refractivity contribution in [2.24, 2.45) is 10.7 Å². The Morgan fingerprint density at radius 1 is 1.30 bits per heavy atom. The van der Waals surface area contributed by atoms with Gasteiger partial charge in [-0.2, -0.15) is 0 Å². The number of aliphatic imine (C=N–C) groups is 1. The zero-order valence-corrected chi connectivity index (χ0v) is 13.3. The summed E-state index contributed by atoms with van der Waals surface area (Å²) < 4.78 is 25.0. The van der Waals surface area contributed by atoms with Crippen LogP contribution in [0.25, 0.3) is 0 Å². The molecule has 1 aromatic carbocycles. The first-order valence-electron chi connectivity index (χ1n) is 6.48. The summed E-state index contributed by atoms with van der Waals surface area (Å²) in [5.41, 5.74) is 6.40. The second-order valence-corrected chi connectivity index (χ2v) is 8.51. The molecule has 2 N–H and O–H groups in total. The monoisotopic (exact) mass is 357 g/mol. The molecule has 1 saturated heterocycles. The van der Waals surface area contributed by atoms with E-state index >= 15 is 0 Å². The van der Waals surface area contributed by atoms with Gasteiger partial charge in [0.15, 0.2) is 15.8 Å². The highest BCUT2D eigenvalue weighted by Gasteiger charge is 2.48. The van der Waals surface area contributed by atoms with Gasteiger partial charge >= 0.3 is 0 Å². The lowest BCUT2D eigenvalue weighted by atomic mass is 9.94. The van der Waals surface area contributed by atoms with Gasteiger partial charge in [-0.1, -0.05) is 15.9 Å². The number of rotatable bonds is 1. The lowest BCUT2D eigenvalue weighted by molar-refractivity contribution is 0.434. The Balaban J connectivity index is 2.02. The first-order valence-corrected chi connectivity index (χ1v) is 9.10. The fourth-order valence-electron chi connectivity index (χ4n) is 3.08. The first-order chi connectivity index (χ1) is 9.42. The van der Waals surface area contributed by atoms with Gasteiger partial charge in [0.05, 0.1) is 23.6 Å². The van der Waals surface area contributed by atoms with Crippen LogP contribution < -0.4 is 10.6 Å². The van der Waals surface area contributed by atoms with Crippen molar-refractivity contribution in [1.29, 1.82) is 0 Å². The van der Waals surface area contributed by atoms with Crippen LogP contribution in [-0.2, 0) is 9.84 Å². The quantitative estimate of drug-likeness (QED) is 0.826. The molecule has 0 saturated carbocycles. The van der Waals surface area contributed by atoms with Crippen molar-refractivity contribution in [3.8, 4) is 0 Å². The van der Waals surface area contributed by atoms with Gasteiger partial charge in [0, 0.05) is 10.2 Å². The number of nitrogens with two attached hydrogens (primary N) is 1. The average molecular weight is 358 g/mol. The zero-order valence-electron chi connectivity index (χ0n) is 10.9. The molecule has 0 radical (unpaired) electrons. The van der Waals surface area contributed by atoms with Crippen LogP contribution in [0.3, 0.4) is 0 Å². The summed E-state index contributed by atoms with van der Waals surface area (Å²) in [5.74, 6) is 0.799. The molecule has 0 aromatic heterocycles. The molecule has 3 rings (SSSR count). The highest BCUT2D eigenvalue weighted by molar-refractivity contribution is 9.10. The maximum Gasteiger partial charge on any atom is 0.196 e. The highest BCUT2D eigenvalue weighted by Crippen LogP contribution is 2.36. The number of guanidine groups is 1. The van der Waals surface area contributed by atoms with Gasteiger partial charge < -0.3 is 10.6 Å². The number of nitrogens with zero attached hydrogens (tertiary/aromatic N) is 2. The normalized spacial score (nSPS) is 28.6. The minimum Gasteiger partial charge on any atom is -0.369 e. The third kappa shape index (κ3) is 2.33. The van der Waals surface area contributed by atoms with Crippen LogP contribution in [0.2, 0.25) is 0 Å². The average Bonchev–Trinajstić information content (AvgIpc) is 2.66. The van der Waals surface area contributed by atoms with E-state index < -0.39 is 15.4 Å². The number of hydrogen-bond acceptors (Lipinski definition) is 5. The van der Waals surface area contributed by atoms with Crippen LogP contribution in [0.1, 0.15) is 12.8 Å². The number of sulfone groups is 1. The SMILES string of the molecule is NC1=NCC2(CCCS(=O)(=O)C2)N1c1ccc(Br)cc1. The molecule has 2 aliphatic rings. The summed E-state index contributed by atoms with van der Waals surface area (Å²) in [5, 5.41) is 0. The summed E-state index contributed by atoms with van der Waals surface area (Å²) in [6.07, 6.45) is 1.46. The molecular weight excluding hydrogens is 342 g/mol. The molecule has 1 aromatic rings. The standard InChI is InChI=1S/C13H16BrN3O2S/c14-10-2-4-11(5-3-10)17-12(15)16-8-13(17)6-1-7-20(18,19)9-13/h2-5H,1,6-9H2,(H2,15,16). The Morgan fingerprint density at radius 3 is 2.65 bits per heavy atom. The Bertz CT molecular complexity index is 657. The van der Waals surface area contributed by atoms with Crippen molar-refractivity contribution < 1.29 is 8.42 Å². The zero-order chi connectivity index (χ0) is 14.4. The van der Waals surface area contributed by atoms with Crippen molar-refractivity contribution in [3.05, 3.63) is 28.7 Å². The van der Waals surface area contributed by atoms with E-state index in [1.165, 1.54) is 0 Å². The van der Waals surface area contributed by atoms with Gasteiger partial charge in [0.25, 0.3) is 0 Å². The summed E-state index contributed by atoms with van der Waals surface area (Å²) in [6, 6.07) is 7.71. The van der Waals surface area contributed by atoms with Crippen molar-refractivity contribution in [1.82, 2.24) is 0 Å². The van der Waals surface area contributed by atoms with Crippen molar-refractivity contribution in [2.75, 3.05) is 23.0 Å². The molecule has 0 aliphatic carbocycles. The fraction of sp³-hybridized carbons (Fsp3) is 0.462. The smallest absolute Gasteiger partial charge is 0.196 e. The molecule has 7 heteroatoms. The first kappa shape index (κ1) is 13.9. The molecule has 2 heterocycles. The van der Waals surface area contributed by atoms with Crippen LogP contribution in [0.15, 0.2) is 33.7 Å². The van der Waals surface area contributed by atoms with Gasteiger partial charge in [0.2, 0.25) is 0 Å². The van der Waals surface area contributed by atoms with E-state index in [1.54, 1.807) is 0 Å². The van der Waals surface area contributed by atoms with E-state index in [1.807, 2.05) is 29.2 Å². The molecule has 1 atom stereocenters. The number of halogens is 1. The maximum atomic E-state index is 12.0. The predicted octanol–water partition coefficient (Wildman–Crippen LogP) is 1.53. The molecule has 1 unspecified atom stereocenters. The Morgan fingerprint density at radius 2 is 2.00 bits per heavy atom. The minimum atomic E-state index is -3.03. The largest absolute Gasteiger partial charge is 0.369 e. The van der Waals surface area contributed by atoms with Crippen molar-refractivity contribution in [2.45, 2.75) is 18.4 Å². The number of benzene rings is 1. The second-order valence-electron chi connectivity index (χ2n) is 5.41. The molecule has 1 fully saturated rings. The Kier molecular flexibility index (Phi) is 3.29. The Labute approximate surface area is 126 Å². The van der Waals surface area contributed by atoms with Gasteiger partial charge in [-0.05, 0) is 37.1 Å². The molecule has 20 heavy (non-hydrogen) atoms. The topological polar surface area (TPSA) is 75.8 Å². The van der Waals surface area contributed by atoms with E-state index in [0.717, 1.165) is 16.6 Å². The van der Waals surface area contributed by atoms with Crippen molar-refractivity contribution in [3.63, 3.8) is 0 Å². The van der Waals surface area contributed by atoms with E-state index in [2.05, 4.69) is 20.9 Å². The maximum absolute atomic E-state index is 12.0. The molecule has 0 bridgehead atoms. The summed E-state index contributed by atoms with van der Waals surface area (Å²) in [6.45, 7) is 0.453. The molecule has 108 valence electrons. The third-order valence-electron chi connectivity index (χ3n) is 3.91. The van der Waals surface area contributed by atoms with Gasteiger partial charge in [0.1, 0.15) is 0 Å². The lowest BCUT2D eigenvalue weighted by Gasteiger charge is -2.41. The Hall–Kier alpha value is -1.08. The predicted molar refractivity (Wildman–Crippen MR) is 83.7 cm³/mol. The van der Waals surface area contributed by atoms with Crippen LogP contribution in [0, 0.1) is 0 Å².